The third-order valence-corrected chi connectivity index (χ3v) is 3.57. The van der Waals surface area contributed by atoms with Crippen LogP contribution in [-0.4, -0.2) is 30.3 Å². The van der Waals surface area contributed by atoms with Crippen molar-refractivity contribution in [3.05, 3.63) is 65.2 Å². The lowest BCUT2D eigenvalue weighted by molar-refractivity contribution is -0.0499. The summed E-state index contributed by atoms with van der Waals surface area (Å²) in [5.74, 6) is -1.50. The second kappa shape index (κ2) is 11.2. The van der Waals surface area contributed by atoms with Crippen LogP contribution in [0.1, 0.15) is 33.2 Å². The molecule has 0 bridgehead atoms. The fourth-order valence-electron chi connectivity index (χ4n) is 1.83. The first-order valence-electron chi connectivity index (χ1n) is 7.48. The number of aromatic carboxylic acids is 1. The second-order valence-corrected chi connectivity index (χ2v) is 5.28. The summed E-state index contributed by atoms with van der Waals surface area (Å²) in [6.45, 7) is -1.02. The van der Waals surface area contributed by atoms with Gasteiger partial charge in [-0.3, -0.25) is 0 Å². The van der Waals surface area contributed by atoms with Gasteiger partial charge in [-0.2, -0.15) is 8.78 Å². The number of carbonyl (C=O) groups is 2. The van der Waals surface area contributed by atoms with Gasteiger partial charge in [0, 0.05) is 5.33 Å². The normalized spacial score (nSPS) is 9.88. The van der Waals surface area contributed by atoms with Crippen molar-refractivity contribution in [2.24, 2.45) is 0 Å². The number of carboxylic acids is 1. The zero-order chi connectivity index (χ0) is 19.5. The predicted octanol–water partition coefficient (Wildman–Crippen LogP) is 4.74. The molecule has 26 heavy (non-hydrogen) atoms. The number of hydrogen-bond donors (Lipinski definition) is 1. The van der Waals surface area contributed by atoms with Gasteiger partial charge < -0.3 is 14.6 Å². The van der Waals surface area contributed by atoms with E-state index in [4.69, 9.17) is 9.84 Å². The van der Waals surface area contributed by atoms with Gasteiger partial charge in [-0.1, -0.05) is 40.2 Å². The number of esters is 1. The summed E-state index contributed by atoms with van der Waals surface area (Å²) < 4.78 is 33.1. The van der Waals surface area contributed by atoms with E-state index in [0.29, 0.717) is 16.5 Å². The minimum absolute atomic E-state index is 0.0623. The van der Waals surface area contributed by atoms with Crippen molar-refractivity contribution in [3.8, 4) is 5.75 Å². The van der Waals surface area contributed by atoms with Gasteiger partial charge in [0.15, 0.2) is 0 Å². The monoisotopic (exact) mass is 430 g/mol. The van der Waals surface area contributed by atoms with Gasteiger partial charge >= 0.3 is 18.6 Å². The molecule has 2 aromatic carbocycles. The smallest absolute Gasteiger partial charge is 0.387 e. The fourth-order valence-corrected chi connectivity index (χ4v) is 2.32. The Morgan fingerprint density at radius 3 is 2.27 bits per heavy atom. The Kier molecular flexibility index (Phi) is 9.29. The van der Waals surface area contributed by atoms with Crippen molar-refractivity contribution >= 4 is 27.9 Å². The van der Waals surface area contributed by atoms with Gasteiger partial charge in [0.2, 0.25) is 0 Å². The zero-order valence-corrected chi connectivity index (χ0v) is 15.4. The van der Waals surface area contributed by atoms with E-state index in [2.05, 4.69) is 20.7 Å². The van der Waals surface area contributed by atoms with Crippen LogP contribution in [0.5, 0.6) is 5.75 Å². The van der Waals surface area contributed by atoms with E-state index in [0.717, 1.165) is 0 Å². The quantitative estimate of drug-likeness (QED) is 0.528. The maximum atomic E-state index is 12.0. The first-order valence-corrected chi connectivity index (χ1v) is 8.60. The van der Waals surface area contributed by atoms with Gasteiger partial charge in [0.05, 0.1) is 17.7 Å². The summed E-state index contributed by atoms with van der Waals surface area (Å²) in [7, 11) is 0. The maximum absolute atomic E-state index is 12.0. The molecule has 1 N–H and O–H groups in total. The summed E-state index contributed by atoms with van der Waals surface area (Å²) in [5.41, 5.74) is 1.21. The van der Waals surface area contributed by atoms with Gasteiger partial charge in [0.1, 0.15) is 5.75 Å². The Hall–Kier alpha value is -2.48. The van der Waals surface area contributed by atoms with E-state index >= 15 is 0 Å². The van der Waals surface area contributed by atoms with Crippen molar-refractivity contribution < 1.29 is 33.0 Å². The van der Waals surface area contributed by atoms with Crippen LogP contribution in [0, 0.1) is 0 Å². The standard InChI is InChI=1S/C11H11BrF2O3.C7H6O2/c1-2-16-10(15)9-5-8(17-11(13)14)4-3-7(9)6-12;8-7(9)6-4-2-1-3-5-6/h3-5,11H,2,6H2,1H3;1-5H,(H,8,9). The van der Waals surface area contributed by atoms with Gasteiger partial charge in [-0.25, -0.2) is 9.59 Å². The summed E-state index contributed by atoms with van der Waals surface area (Å²) in [5, 5.41) is 8.81. The van der Waals surface area contributed by atoms with Crippen molar-refractivity contribution in [3.63, 3.8) is 0 Å². The molecule has 0 spiro atoms. The Morgan fingerprint density at radius 1 is 1.15 bits per heavy atom. The zero-order valence-electron chi connectivity index (χ0n) is 13.8. The predicted molar refractivity (Wildman–Crippen MR) is 95.1 cm³/mol. The molecule has 0 aliphatic carbocycles. The molecule has 0 atom stereocenters. The van der Waals surface area contributed by atoms with Crippen LogP contribution in [0.15, 0.2) is 48.5 Å². The number of halogens is 3. The fraction of sp³-hybridized carbons (Fsp3) is 0.222. The highest BCUT2D eigenvalue weighted by Gasteiger charge is 2.14. The van der Waals surface area contributed by atoms with Crippen LogP contribution in [0.3, 0.4) is 0 Å². The number of rotatable bonds is 6. The molecule has 0 aliphatic rings. The molecule has 0 fully saturated rings. The van der Waals surface area contributed by atoms with Crippen LogP contribution >= 0.6 is 15.9 Å². The van der Waals surface area contributed by atoms with Gasteiger partial charge in [-0.05, 0) is 36.8 Å². The topological polar surface area (TPSA) is 72.8 Å². The Labute approximate surface area is 157 Å². The molecule has 0 saturated heterocycles. The van der Waals surface area contributed by atoms with Crippen LogP contribution < -0.4 is 4.74 Å². The average Bonchev–Trinajstić information content (AvgIpc) is 2.62. The molecule has 8 heteroatoms. The molecule has 2 aromatic rings. The van der Waals surface area contributed by atoms with Crippen molar-refractivity contribution in [2.45, 2.75) is 18.9 Å². The lowest BCUT2D eigenvalue weighted by atomic mass is 10.1. The number of carbonyl (C=O) groups excluding carboxylic acids is 1. The lowest BCUT2D eigenvalue weighted by Gasteiger charge is -2.10. The van der Waals surface area contributed by atoms with Gasteiger partial charge in [0.25, 0.3) is 0 Å². The molecule has 0 aliphatic heterocycles. The minimum Gasteiger partial charge on any atom is -0.478 e. The number of alkyl halides is 3. The highest BCUT2D eigenvalue weighted by atomic mass is 79.9. The molecule has 0 radical (unpaired) electrons. The van der Waals surface area contributed by atoms with E-state index in [1.54, 1.807) is 43.3 Å². The molecule has 5 nitrogen and oxygen atoms in total. The van der Waals surface area contributed by atoms with Crippen LogP contribution in [0.25, 0.3) is 0 Å². The molecular formula is C18H17BrF2O5. The first-order chi connectivity index (χ1) is 12.4. The van der Waals surface area contributed by atoms with Crippen LogP contribution in [0.4, 0.5) is 8.78 Å². The average molecular weight is 431 g/mol. The van der Waals surface area contributed by atoms with Crippen molar-refractivity contribution in [1.29, 1.82) is 0 Å². The minimum atomic E-state index is -2.92. The van der Waals surface area contributed by atoms with E-state index < -0.39 is 18.6 Å². The molecule has 0 amide bonds. The summed E-state index contributed by atoms with van der Waals surface area (Å²) in [4.78, 5) is 21.8. The molecule has 140 valence electrons. The molecule has 0 saturated carbocycles. The molecule has 0 heterocycles. The summed E-state index contributed by atoms with van der Waals surface area (Å²) >= 11 is 3.21. The Bertz CT molecular complexity index is 723. The highest BCUT2D eigenvalue weighted by molar-refractivity contribution is 9.08. The Morgan fingerprint density at radius 2 is 1.81 bits per heavy atom. The number of ether oxygens (including phenoxy) is 2. The third kappa shape index (κ3) is 7.18. The Balaban J connectivity index is 0.000000314. The van der Waals surface area contributed by atoms with E-state index in [-0.39, 0.29) is 17.9 Å². The van der Waals surface area contributed by atoms with Crippen molar-refractivity contribution in [1.82, 2.24) is 0 Å². The van der Waals surface area contributed by atoms with Crippen molar-refractivity contribution in [2.75, 3.05) is 6.61 Å². The molecule has 2 rings (SSSR count). The number of carboxylic acid groups (broad SMARTS) is 1. The van der Waals surface area contributed by atoms with E-state index in [1.807, 2.05) is 0 Å². The lowest BCUT2D eigenvalue weighted by Crippen LogP contribution is -2.09. The SMILES string of the molecule is CCOC(=O)c1cc(OC(F)F)ccc1CBr.O=C(O)c1ccccc1. The molecule has 0 unspecified atom stereocenters. The highest BCUT2D eigenvalue weighted by Crippen LogP contribution is 2.22. The van der Waals surface area contributed by atoms with Gasteiger partial charge in [-0.15, -0.1) is 0 Å². The number of benzene rings is 2. The number of hydrogen-bond acceptors (Lipinski definition) is 4. The maximum Gasteiger partial charge on any atom is 0.387 e. The van der Waals surface area contributed by atoms with Crippen LogP contribution in [-0.2, 0) is 10.1 Å². The first kappa shape index (κ1) is 21.6. The summed E-state index contributed by atoms with van der Waals surface area (Å²) in [6, 6.07) is 12.5. The van der Waals surface area contributed by atoms with E-state index in [1.165, 1.54) is 12.1 Å². The molecular weight excluding hydrogens is 414 g/mol. The van der Waals surface area contributed by atoms with E-state index in [9.17, 15) is 18.4 Å². The summed E-state index contributed by atoms with van der Waals surface area (Å²) in [6.07, 6.45) is 0. The second-order valence-electron chi connectivity index (χ2n) is 4.72. The largest absolute Gasteiger partial charge is 0.478 e. The van der Waals surface area contributed by atoms with Crippen LogP contribution in [0.2, 0.25) is 0 Å². The third-order valence-electron chi connectivity index (χ3n) is 2.97. The molecule has 0 aromatic heterocycles.